The molecule has 1 fully saturated rings. The van der Waals surface area contributed by atoms with Gasteiger partial charge in [0.2, 0.25) is 5.78 Å². The van der Waals surface area contributed by atoms with Crippen LogP contribution in [0, 0.1) is 5.92 Å². The van der Waals surface area contributed by atoms with Gasteiger partial charge in [0.15, 0.2) is 5.76 Å². The lowest BCUT2D eigenvalue weighted by Crippen LogP contribution is -2.10. The Balaban J connectivity index is 1.53. The SMILES string of the molecule is CCn1c2ccc(C(=O)c3ccco3)cc2c2cc(C(CCC3CCCCC3)=NO)ccc21. The molecular formula is C28H30N2O3. The van der Waals surface area contributed by atoms with Crippen LogP contribution < -0.4 is 0 Å². The Bertz CT molecular complexity index is 1310. The molecule has 0 spiro atoms. The second-order valence-electron chi connectivity index (χ2n) is 9.10. The number of carbonyl (C=O) groups is 1. The summed E-state index contributed by atoms with van der Waals surface area (Å²) in [6.07, 6.45) is 9.92. The molecule has 0 bridgehead atoms. The van der Waals surface area contributed by atoms with Crippen LogP contribution in [-0.4, -0.2) is 21.3 Å². The second kappa shape index (κ2) is 9.26. The molecule has 33 heavy (non-hydrogen) atoms. The number of oxime groups is 1. The molecule has 170 valence electrons. The third-order valence-corrected chi connectivity index (χ3v) is 7.16. The maximum Gasteiger partial charge on any atom is 0.228 e. The van der Waals surface area contributed by atoms with Gasteiger partial charge in [0.25, 0.3) is 0 Å². The summed E-state index contributed by atoms with van der Waals surface area (Å²) in [5, 5.41) is 15.6. The molecule has 0 unspecified atom stereocenters. The Hall–Kier alpha value is -3.34. The van der Waals surface area contributed by atoms with Gasteiger partial charge >= 0.3 is 0 Å². The Kier molecular flexibility index (Phi) is 6.03. The highest BCUT2D eigenvalue weighted by Gasteiger charge is 2.18. The predicted molar refractivity (Wildman–Crippen MR) is 131 cm³/mol. The molecule has 5 rings (SSSR count). The van der Waals surface area contributed by atoms with Crippen molar-refractivity contribution in [1.82, 2.24) is 4.57 Å². The average molecular weight is 443 g/mol. The van der Waals surface area contributed by atoms with Gasteiger partial charge in [0, 0.05) is 39.5 Å². The van der Waals surface area contributed by atoms with Crippen LogP contribution in [0.3, 0.4) is 0 Å². The highest BCUT2D eigenvalue weighted by molar-refractivity contribution is 6.15. The molecule has 0 radical (unpaired) electrons. The smallest absolute Gasteiger partial charge is 0.228 e. The number of benzene rings is 2. The molecule has 0 atom stereocenters. The summed E-state index contributed by atoms with van der Waals surface area (Å²) in [6, 6.07) is 15.5. The first-order valence-electron chi connectivity index (χ1n) is 12.0. The molecule has 1 aliphatic rings. The van der Waals surface area contributed by atoms with Gasteiger partial charge in [-0.1, -0.05) is 43.3 Å². The number of fused-ring (bicyclic) bond motifs is 3. The molecule has 0 saturated heterocycles. The van der Waals surface area contributed by atoms with Crippen LogP contribution in [0.1, 0.15) is 73.6 Å². The van der Waals surface area contributed by atoms with Crippen molar-refractivity contribution < 1.29 is 14.4 Å². The third kappa shape index (κ3) is 4.08. The Morgan fingerprint density at radius 1 is 1.03 bits per heavy atom. The van der Waals surface area contributed by atoms with Crippen molar-refractivity contribution in [1.29, 1.82) is 0 Å². The molecule has 5 heteroatoms. The Morgan fingerprint density at radius 3 is 2.36 bits per heavy atom. The van der Waals surface area contributed by atoms with Gasteiger partial charge in [-0.25, -0.2) is 0 Å². The summed E-state index contributed by atoms with van der Waals surface area (Å²) in [4.78, 5) is 12.9. The van der Waals surface area contributed by atoms with Crippen molar-refractivity contribution in [2.75, 3.05) is 0 Å². The van der Waals surface area contributed by atoms with E-state index in [-0.39, 0.29) is 5.78 Å². The van der Waals surface area contributed by atoms with E-state index < -0.39 is 0 Å². The minimum Gasteiger partial charge on any atom is -0.461 e. The third-order valence-electron chi connectivity index (χ3n) is 7.16. The van der Waals surface area contributed by atoms with E-state index in [1.54, 1.807) is 12.1 Å². The van der Waals surface area contributed by atoms with Crippen LogP contribution >= 0.6 is 0 Å². The van der Waals surface area contributed by atoms with Gasteiger partial charge in [0.1, 0.15) is 0 Å². The maximum atomic E-state index is 12.9. The minimum atomic E-state index is -0.124. The molecule has 1 aliphatic carbocycles. The van der Waals surface area contributed by atoms with Crippen molar-refractivity contribution in [3.63, 3.8) is 0 Å². The number of aromatic nitrogens is 1. The van der Waals surface area contributed by atoms with Crippen molar-refractivity contribution in [3.8, 4) is 0 Å². The summed E-state index contributed by atoms with van der Waals surface area (Å²) in [6.45, 7) is 2.95. The zero-order valence-electron chi connectivity index (χ0n) is 19.1. The van der Waals surface area contributed by atoms with Gasteiger partial charge < -0.3 is 14.2 Å². The van der Waals surface area contributed by atoms with E-state index in [0.29, 0.717) is 11.3 Å². The van der Waals surface area contributed by atoms with E-state index in [4.69, 9.17) is 4.42 Å². The number of carbonyl (C=O) groups excluding carboxylic acids is 1. The summed E-state index contributed by atoms with van der Waals surface area (Å²) < 4.78 is 7.58. The van der Waals surface area contributed by atoms with E-state index >= 15 is 0 Å². The van der Waals surface area contributed by atoms with E-state index in [1.807, 2.05) is 18.2 Å². The highest BCUT2D eigenvalue weighted by Crippen LogP contribution is 2.33. The van der Waals surface area contributed by atoms with Crippen LogP contribution in [0.5, 0.6) is 0 Å². The summed E-state index contributed by atoms with van der Waals surface area (Å²) in [5.41, 5.74) is 4.49. The summed E-state index contributed by atoms with van der Waals surface area (Å²) in [7, 11) is 0. The molecule has 1 saturated carbocycles. The zero-order chi connectivity index (χ0) is 22.8. The van der Waals surface area contributed by atoms with Crippen LogP contribution in [0.15, 0.2) is 64.4 Å². The van der Waals surface area contributed by atoms with Crippen molar-refractivity contribution in [3.05, 3.63) is 71.7 Å². The lowest BCUT2D eigenvalue weighted by molar-refractivity contribution is 0.101. The number of furan rings is 1. The largest absolute Gasteiger partial charge is 0.461 e. The Morgan fingerprint density at radius 2 is 1.73 bits per heavy atom. The molecular weight excluding hydrogens is 412 g/mol. The molecule has 2 aromatic heterocycles. The van der Waals surface area contributed by atoms with Crippen molar-refractivity contribution >= 4 is 33.3 Å². The molecule has 4 aromatic rings. The fraction of sp³-hybridized carbons (Fsp3) is 0.357. The summed E-state index contributed by atoms with van der Waals surface area (Å²) in [5.74, 6) is 0.948. The van der Waals surface area contributed by atoms with E-state index in [9.17, 15) is 10.0 Å². The van der Waals surface area contributed by atoms with Crippen LogP contribution in [0.4, 0.5) is 0 Å². The van der Waals surface area contributed by atoms with Gasteiger partial charge in [-0.3, -0.25) is 4.79 Å². The predicted octanol–water partition coefficient (Wildman–Crippen LogP) is 7.18. The molecule has 2 aromatic carbocycles. The van der Waals surface area contributed by atoms with Crippen LogP contribution in [-0.2, 0) is 6.54 Å². The number of ketones is 1. The van der Waals surface area contributed by atoms with E-state index in [2.05, 4.69) is 34.8 Å². The normalized spacial score (nSPS) is 15.5. The van der Waals surface area contributed by atoms with Gasteiger partial charge in [-0.15, -0.1) is 0 Å². The van der Waals surface area contributed by atoms with Crippen LogP contribution in [0.25, 0.3) is 21.8 Å². The minimum absolute atomic E-state index is 0.124. The van der Waals surface area contributed by atoms with Gasteiger partial charge in [-0.05, 0) is 68.1 Å². The first kappa shape index (κ1) is 21.5. The second-order valence-corrected chi connectivity index (χ2v) is 9.10. The van der Waals surface area contributed by atoms with E-state index in [1.165, 1.54) is 38.4 Å². The topological polar surface area (TPSA) is 67.7 Å². The standard InChI is InChI=1S/C28H30N2O3/c1-2-30-25-14-11-20(24(29-32)13-10-19-7-4-3-5-8-19)17-22(25)23-18-21(12-15-26(23)30)28(31)27-9-6-16-33-27/h6,9,11-12,14-19,32H,2-5,7-8,10,13H2,1H3. The number of nitrogens with zero attached hydrogens (tertiary/aromatic N) is 2. The van der Waals surface area contributed by atoms with Crippen molar-refractivity contribution in [2.24, 2.45) is 11.1 Å². The number of hydrogen-bond acceptors (Lipinski definition) is 4. The van der Waals surface area contributed by atoms with Crippen molar-refractivity contribution in [2.45, 2.75) is 58.4 Å². The molecule has 2 heterocycles. The molecule has 0 amide bonds. The fourth-order valence-electron chi connectivity index (χ4n) is 5.38. The monoisotopic (exact) mass is 442 g/mol. The highest BCUT2D eigenvalue weighted by atomic mass is 16.4. The maximum absolute atomic E-state index is 12.9. The molecule has 0 aliphatic heterocycles. The van der Waals surface area contributed by atoms with Gasteiger partial charge in [0.05, 0.1) is 12.0 Å². The molecule has 5 nitrogen and oxygen atoms in total. The zero-order valence-corrected chi connectivity index (χ0v) is 19.1. The lowest BCUT2D eigenvalue weighted by Gasteiger charge is -2.21. The average Bonchev–Trinajstić information content (AvgIpc) is 3.50. The Labute approximate surface area is 193 Å². The quantitative estimate of drug-likeness (QED) is 0.143. The first-order chi connectivity index (χ1) is 16.2. The number of rotatable bonds is 7. The lowest BCUT2D eigenvalue weighted by atomic mass is 9.85. The van der Waals surface area contributed by atoms with Gasteiger partial charge in [-0.2, -0.15) is 0 Å². The fourth-order valence-corrected chi connectivity index (χ4v) is 5.38. The van der Waals surface area contributed by atoms with Crippen LogP contribution in [0.2, 0.25) is 0 Å². The molecule has 1 N–H and O–H groups in total. The number of hydrogen-bond donors (Lipinski definition) is 1. The first-order valence-corrected chi connectivity index (χ1v) is 12.0. The summed E-state index contributed by atoms with van der Waals surface area (Å²) >= 11 is 0. The van der Waals surface area contributed by atoms with E-state index in [0.717, 1.165) is 58.4 Å². The number of aryl methyl sites for hydroxylation is 1.